The minimum atomic E-state index is 0.184. The van der Waals surface area contributed by atoms with E-state index in [1.165, 1.54) is 51.4 Å². The molecule has 0 amide bonds. The molecular formula is C16H28N2O. The molecule has 1 rings (SSSR count). The number of aromatic nitrogens is 2. The zero-order chi connectivity index (χ0) is 13.9. The Bertz CT molecular complexity index is 357. The van der Waals surface area contributed by atoms with Gasteiger partial charge in [-0.25, -0.2) is 0 Å². The lowest BCUT2D eigenvalue weighted by Gasteiger charge is -2.01. The van der Waals surface area contributed by atoms with Gasteiger partial charge in [-0.05, 0) is 12.5 Å². The lowest BCUT2D eigenvalue weighted by atomic mass is 10.0. The molecule has 3 nitrogen and oxygen atoms in total. The van der Waals surface area contributed by atoms with Gasteiger partial charge in [-0.3, -0.25) is 9.48 Å². The third-order valence-electron chi connectivity index (χ3n) is 3.51. The number of Topliss-reactive ketones (excluding diaryl/α,β-unsaturated/α-hetero) is 1. The van der Waals surface area contributed by atoms with E-state index < -0.39 is 0 Å². The van der Waals surface area contributed by atoms with Crippen molar-refractivity contribution in [3.8, 4) is 0 Å². The number of hydrogen-bond donors (Lipinski definition) is 0. The van der Waals surface area contributed by atoms with E-state index in [2.05, 4.69) is 12.0 Å². The summed E-state index contributed by atoms with van der Waals surface area (Å²) in [4.78, 5) is 11.8. The maximum Gasteiger partial charge on any atom is 0.183 e. The number of carbonyl (C=O) groups excluding carboxylic acids is 1. The second kappa shape index (κ2) is 9.76. The van der Waals surface area contributed by atoms with Gasteiger partial charge < -0.3 is 0 Å². The first-order chi connectivity index (χ1) is 9.24. The number of unbranched alkanes of at least 4 members (excludes halogenated alkanes) is 8. The highest BCUT2D eigenvalue weighted by atomic mass is 16.1. The van der Waals surface area contributed by atoms with E-state index in [9.17, 15) is 4.79 Å². The van der Waals surface area contributed by atoms with E-state index in [-0.39, 0.29) is 5.78 Å². The van der Waals surface area contributed by atoms with E-state index in [0.29, 0.717) is 12.1 Å². The zero-order valence-corrected chi connectivity index (χ0v) is 12.5. The quantitative estimate of drug-likeness (QED) is 0.435. The molecule has 108 valence electrons. The standard InChI is InChI=1S/C16H28N2O/c1-3-4-5-6-7-8-9-10-11-12-16(19)15-13-14-18(2)17-15/h13-14H,3-12H2,1-2H3. The number of hydrogen-bond acceptors (Lipinski definition) is 2. The summed E-state index contributed by atoms with van der Waals surface area (Å²) < 4.78 is 1.68. The van der Waals surface area contributed by atoms with Crippen LogP contribution in [0.4, 0.5) is 0 Å². The van der Waals surface area contributed by atoms with Crippen molar-refractivity contribution in [3.63, 3.8) is 0 Å². The first kappa shape index (κ1) is 15.9. The van der Waals surface area contributed by atoms with E-state index in [4.69, 9.17) is 0 Å². The van der Waals surface area contributed by atoms with Crippen LogP contribution >= 0.6 is 0 Å². The van der Waals surface area contributed by atoms with Crippen LogP contribution in [0, 0.1) is 0 Å². The molecule has 0 radical (unpaired) electrons. The van der Waals surface area contributed by atoms with Crippen molar-refractivity contribution in [3.05, 3.63) is 18.0 Å². The van der Waals surface area contributed by atoms with Gasteiger partial charge in [0.25, 0.3) is 0 Å². The third kappa shape index (κ3) is 7.14. The van der Waals surface area contributed by atoms with E-state index >= 15 is 0 Å². The van der Waals surface area contributed by atoms with Crippen LogP contribution in [0.3, 0.4) is 0 Å². The van der Waals surface area contributed by atoms with Crippen molar-refractivity contribution in [1.82, 2.24) is 9.78 Å². The highest BCUT2D eigenvalue weighted by Gasteiger charge is 2.07. The fourth-order valence-electron chi connectivity index (χ4n) is 2.29. The molecule has 0 aromatic carbocycles. The van der Waals surface area contributed by atoms with Crippen LogP contribution in [-0.4, -0.2) is 15.6 Å². The lowest BCUT2D eigenvalue weighted by Crippen LogP contribution is -2.01. The minimum absolute atomic E-state index is 0.184. The molecule has 0 saturated carbocycles. The number of nitrogens with zero attached hydrogens (tertiary/aromatic N) is 2. The molecule has 0 fully saturated rings. The maximum absolute atomic E-state index is 11.8. The van der Waals surface area contributed by atoms with Gasteiger partial charge in [-0.1, -0.05) is 58.3 Å². The predicted molar refractivity (Wildman–Crippen MR) is 79.4 cm³/mol. The van der Waals surface area contributed by atoms with Crippen molar-refractivity contribution in [1.29, 1.82) is 0 Å². The third-order valence-corrected chi connectivity index (χ3v) is 3.51. The molecule has 0 aliphatic rings. The maximum atomic E-state index is 11.8. The van der Waals surface area contributed by atoms with E-state index in [1.54, 1.807) is 10.7 Å². The summed E-state index contributed by atoms with van der Waals surface area (Å²) in [6, 6.07) is 1.80. The highest BCUT2D eigenvalue weighted by molar-refractivity contribution is 5.94. The van der Waals surface area contributed by atoms with E-state index in [1.807, 2.05) is 13.2 Å². The van der Waals surface area contributed by atoms with Crippen LogP contribution < -0.4 is 0 Å². The van der Waals surface area contributed by atoms with Crippen molar-refractivity contribution in [2.45, 2.75) is 71.1 Å². The predicted octanol–water partition coefficient (Wildman–Crippen LogP) is 4.52. The Labute approximate surface area is 117 Å². The van der Waals surface area contributed by atoms with Gasteiger partial charge in [0, 0.05) is 19.7 Å². The SMILES string of the molecule is CCCCCCCCCCCC(=O)c1ccn(C)n1. The van der Waals surface area contributed by atoms with Gasteiger partial charge in [-0.2, -0.15) is 5.10 Å². The Morgan fingerprint density at radius 3 is 2.16 bits per heavy atom. The summed E-state index contributed by atoms with van der Waals surface area (Å²) in [6.07, 6.45) is 14.0. The second-order valence-corrected chi connectivity index (χ2v) is 5.38. The smallest absolute Gasteiger partial charge is 0.183 e. The van der Waals surface area contributed by atoms with Gasteiger partial charge >= 0.3 is 0 Å². The minimum Gasteiger partial charge on any atom is -0.292 e. The number of ketones is 1. The Morgan fingerprint density at radius 1 is 1.05 bits per heavy atom. The van der Waals surface area contributed by atoms with Crippen molar-refractivity contribution in [2.75, 3.05) is 0 Å². The molecule has 0 unspecified atom stereocenters. The molecule has 0 spiro atoms. The van der Waals surface area contributed by atoms with Crippen LogP contribution in [0.15, 0.2) is 12.3 Å². The Kier molecular flexibility index (Phi) is 8.19. The number of rotatable bonds is 11. The molecule has 0 saturated heterocycles. The van der Waals surface area contributed by atoms with Crippen LogP contribution in [0.2, 0.25) is 0 Å². The number of aryl methyl sites for hydroxylation is 1. The molecule has 1 aromatic heterocycles. The molecule has 1 aromatic rings. The zero-order valence-electron chi connectivity index (χ0n) is 12.5. The van der Waals surface area contributed by atoms with E-state index in [0.717, 1.165) is 6.42 Å². The summed E-state index contributed by atoms with van der Waals surface area (Å²) in [5, 5.41) is 4.13. The molecule has 0 atom stereocenters. The average Bonchev–Trinajstić information content (AvgIpc) is 2.83. The lowest BCUT2D eigenvalue weighted by molar-refractivity contribution is 0.0973. The van der Waals surface area contributed by atoms with Crippen LogP contribution in [0.25, 0.3) is 0 Å². The summed E-state index contributed by atoms with van der Waals surface area (Å²) >= 11 is 0. The summed E-state index contributed by atoms with van der Waals surface area (Å²) in [6.45, 7) is 2.25. The van der Waals surface area contributed by atoms with Gasteiger partial charge in [0.05, 0.1) is 0 Å². The van der Waals surface area contributed by atoms with Gasteiger partial charge in [-0.15, -0.1) is 0 Å². The molecular weight excluding hydrogens is 236 g/mol. The fourth-order valence-corrected chi connectivity index (χ4v) is 2.29. The highest BCUT2D eigenvalue weighted by Crippen LogP contribution is 2.11. The van der Waals surface area contributed by atoms with Crippen LogP contribution in [0.5, 0.6) is 0 Å². The average molecular weight is 264 g/mol. The second-order valence-electron chi connectivity index (χ2n) is 5.38. The summed E-state index contributed by atoms with van der Waals surface area (Å²) in [5.74, 6) is 0.184. The normalized spacial score (nSPS) is 10.8. The first-order valence-electron chi connectivity index (χ1n) is 7.77. The molecule has 0 aliphatic heterocycles. The first-order valence-corrected chi connectivity index (χ1v) is 7.77. The molecule has 0 N–H and O–H groups in total. The molecule has 0 aliphatic carbocycles. The van der Waals surface area contributed by atoms with Crippen molar-refractivity contribution < 1.29 is 4.79 Å². The van der Waals surface area contributed by atoms with Crippen LogP contribution in [-0.2, 0) is 7.05 Å². The Balaban J connectivity index is 1.95. The fraction of sp³-hybridized carbons (Fsp3) is 0.750. The molecule has 1 heterocycles. The monoisotopic (exact) mass is 264 g/mol. The molecule has 3 heteroatoms. The van der Waals surface area contributed by atoms with Gasteiger partial charge in [0.1, 0.15) is 5.69 Å². The topological polar surface area (TPSA) is 34.9 Å². The summed E-state index contributed by atoms with van der Waals surface area (Å²) in [7, 11) is 1.84. The largest absolute Gasteiger partial charge is 0.292 e. The van der Waals surface area contributed by atoms with Gasteiger partial charge in [0.2, 0.25) is 0 Å². The van der Waals surface area contributed by atoms with Crippen molar-refractivity contribution in [2.24, 2.45) is 7.05 Å². The molecule has 0 bridgehead atoms. The summed E-state index contributed by atoms with van der Waals surface area (Å²) in [5.41, 5.74) is 0.613. The molecule has 19 heavy (non-hydrogen) atoms. The van der Waals surface area contributed by atoms with Crippen molar-refractivity contribution >= 4 is 5.78 Å². The van der Waals surface area contributed by atoms with Crippen LogP contribution in [0.1, 0.15) is 81.6 Å². The Morgan fingerprint density at radius 2 is 1.63 bits per heavy atom. The number of carbonyl (C=O) groups is 1. The Hall–Kier alpha value is -1.12. The van der Waals surface area contributed by atoms with Gasteiger partial charge in [0.15, 0.2) is 5.78 Å².